The molecule has 3 N–H and O–H groups in total. The van der Waals surface area contributed by atoms with Gasteiger partial charge in [-0.3, -0.25) is 4.99 Å². The molecule has 0 aliphatic heterocycles. The summed E-state index contributed by atoms with van der Waals surface area (Å²) < 4.78 is 0. The second-order valence-corrected chi connectivity index (χ2v) is 8.19. The first-order valence-corrected chi connectivity index (χ1v) is 11.7. The molecule has 4 nitrogen and oxygen atoms in total. The van der Waals surface area contributed by atoms with Gasteiger partial charge in [0.15, 0.2) is 5.82 Å². The van der Waals surface area contributed by atoms with Crippen LogP contribution in [0.1, 0.15) is 71.3 Å². The molecule has 0 aromatic heterocycles. The predicted molar refractivity (Wildman–Crippen MR) is 132 cm³/mol. The van der Waals surface area contributed by atoms with Crippen LogP contribution in [0, 0.1) is 0 Å². The van der Waals surface area contributed by atoms with Crippen LogP contribution in [0.4, 0.5) is 0 Å². The molecule has 1 aromatic carbocycles. The number of benzene rings is 1. The zero-order valence-electron chi connectivity index (χ0n) is 18.7. The number of nitrogens with one attached hydrogen (secondary N) is 1. The molecule has 1 aliphatic carbocycles. The van der Waals surface area contributed by atoms with Crippen molar-refractivity contribution in [1.82, 2.24) is 5.32 Å². The van der Waals surface area contributed by atoms with Gasteiger partial charge in [-0.25, -0.2) is 4.99 Å². The number of hydrogen-bond acceptors (Lipinski definition) is 5. The second kappa shape index (κ2) is 14.9. The van der Waals surface area contributed by atoms with E-state index in [4.69, 9.17) is 5.73 Å². The van der Waals surface area contributed by atoms with Crippen molar-refractivity contribution in [2.75, 3.05) is 12.8 Å². The van der Waals surface area contributed by atoms with Gasteiger partial charge in [0.25, 0.3) is 0 Å². The first-order chi connectivity index (χ1) is 14.1. The first kappa shape index (κ1) is 25.0. The molecule has 0 atom stereocenters. The minimum Gasteiger partial charge on any atom is -0.397 e. The lowest BCUT2D eigenvalue weighted by Crippen LogP contribution is -2.12. The van der Waals surface area contributed by atoms with Crippen molar-refractivity contribution >= 4 is 23.0 Å². The summed E-state index contributed by atoms with van der Waals surface area (Å²) in [5.74, 6) is 2.70. The molecule has 1 fully saturated rings. The van der Waals surface area contributed by atoms with Crippen LogP contribution in [0.25, 0.3) is 0 Å². The largest absolute Gasteiger partial charge is 0.397 e. The summed E-state index contributed by atoms with van der Waals surface area (Å²) in [5.41, 5.74) is 9.00. The fraction of sp³-hybridized carbons (Fsp3) is 0.500. The number of rotatable bonds is 9. The van der Waals surface area contributed by atoms with Gasteiger partial charge >= 0.3 is 0 Å². The van der Waals surface area contributed by atoms with Crippen molar-refractivity contribution in [3.63, 3.8) is 0 Å². The van der Waals surface area contributed by atoms with Crippen molar-refractivity contribution < 1.29 is 0 Å². The van der Waals surface area contributed by atoms with E-state index in [1.807, 2.05) is 33.2 Å². The highest BCUT2D eigenvalue weighted by Gasteiger charge is 2.22. The topological polar surface area (TPSA) is 62.8 Å². The van der Waals surface area contributed by atoms with E-state index in [-0.39, 0.29) is 0 Å². The average molecular weight is 415 g/mol. The molecule has 0 radical (unpaired) electrons. The van der Waals surface area contributed by atoms with E-state index in [0.717, 1.165) is 41.8 Å². The third-order valence-electron chi connectivity index (χ3n) is 4.19. The molecule has 29 heavy (non-hydrogen) atoms. The molecule has 1 aliphatic rings. The fourth-order valence-electron chi connectivity index (χ4n) is 2.58. The Morgan fingerprint density at radius 3 is 2.38 bits per heavy atom. The number of thioether (sulfide) groups is 1. The monoisotopic (exact) mass is 414 g/mol. The zero-order valence-corrected chi connectivity index (χ0v) is 19.6. The van der Waals surface area contributed by atoms with Crippen molar-refractivity contribution in [3.8, 4) is 0 Å². The number of nitrogens with two attached hydrogens (primary N) is 1. The highest BCUT2D eigenvalue weighted by molar-refractivity contribution is 8.13. The average Bonchev–Trinajstić information content (AvgIpc) is 3.58. The van der Waals surface area contributed by atoms with Gasteiger partial charge < -0.3 is 11.1 Å². The molecule has 2 rings (SSSR count). The molecule has 0 saturated heterocycles. The van der Waals surface area contributed by atoms with E-state index in [2.05, 4.69) is 59.5 Å². The normalized spacial score (nSPS) is 15.6. The molecule has 0 unspecified atom stereocenters. The van der Waals surface area contributed by atoms with Gasteiger partial charge in [-0.1, -0.05) is 57.2 Å². The van der Waals surface area contributed by atoms with E-state index in [9.17, 15) is 0 Å². The number of hydrogen-bond donors (Lipinski definition) is 2. The van der Waals surface area contributed by atoms with E-state index in [0.29, 0.717) is 11.4 Å². The third-order valence-corrected chi connectivity index (χ3v) is 5.32. The van der Waals surface area contributed by atoms with Gasteiger partial charge in [0.05, 0.1) is 10.7 Å². The number of aliphatic imine (C=N–C) groups is 2. The van der Waals surface area contributed by atoms with Gasteiger partial charge in [-0.15, -0.1) is 11.8 Å². The Kier molecular flexibility index (Phi) is 12.9. The molecule has 1 saturated carbocycles. The van der Waals surface area contributed by atoms with Crippen LogP contribution in [-0.2, 0) is 0 Å². The van der Waals surface area contributed by atoms with E-state index < -0.39 is 0 Å². The van der Waals surface area contributed by atoms with Gasteiger partial charge in [-0.05, 0) is 56.3 Å². The van der Waals surface area contributed by atoms with Crippen molar-refractivity contribution in [2.45, 2.75) is 65.7 Å². The molecule has 0 amide bonds. The molecule has 5 heteroatoms. The summed E-state index contributed by atoms with van der Waals surface area (Å²) in [7, 11) is 1.84. The summed E-state index contributed by atoms with van der Waals surface area (Å²) in [5, 5.41) is 4.12. The van der Waals surface area contributed by atoms with Crippen LogP contribution in [0.15, 0.2) is 63.6 Å². The van der Waals surface area contributed by atoms with E-state index in [1.165, 1.54) is 18.4 Å². The molecule has 0 spiro atoms. The number of nitrogens with zero attached hydrogens (tertiary/aromatic N) is 2. The van der Waals surface area contributed by atoms with Crippen molar-refractivity contribution in [1.29, 1.82) is 0 Å². The zero-order chi connectivity index (χ0) is 21.5. The minimum atomic E-state index is 0.665. The summed E-state index contributed by atoms with van der Waals surface area (Å²) in [6, 6.07) is 10.8. The molecular formula is C24H38N4S. The maximum atomic E-state index is 6.09. The van der Waals surface area contributed by atoms with Crippen LogP contribution >= 0.6 is 11.8 Å². The lowest BCUT2D eigenvalue weighted by Gasteiger charge is -2.09. The van der Waals surface area contributed by atoms with Crippen LogP contribution in [0.3, 0.4) is 0 Å². The lowest BCUT2D eigenvalue weighted by atomic mass is 10.1. The quantitative estimate of drug-likeness (QED) is 0.286. The molecule has 0 bridgehead atoms. The minimum absolute atomic E-state index is 0.665. The van der Waals surface area contributed by atoms with Gasteiger partial charge in [0, 0.05) is 13.3 Å². The predicted octanol–water partition coefficient (Wildman–Crippen LogP) is 6.23. The third kappa shape index (κ3) is 10.4. The second-order valence-electron chi connectivity index (χ2n) is 6.90. The SMILES string of the molecule is CCC=NC(/C(N)=C\CC)=C(/N=C(\C)SCCC)NC.c1ccc(C2CC2)cc1. The Morgan fingerprint density at radius 2 is 1.86 bits per heavy atom. The highest BCUT2D eigenvalue weighted by atomic mass is 32.2. The highest BCUT2D eigenvalue weighted by Crippen LogP contribution is 2.39. The lowest BCUT2D eigenvalue weighted by molar-refractivity contribution is 0.925. The molecule has 1 aromatic rings. The van der Waals surface area contributed by atoms with Crippen LogP contribution in [-0.4, -0.2) is 24.1 Å². The maximum Gasteiger partial charge on any atom is 0.154 e. The first-order valence-electron chi connectivity index (χ1n) is 10.7. The van der Waals surface area contributed by atoms with Gasteiger partial charge in [0.2, 0.25) is 0 Å². The Bertz CT molecular complexity index is 701. The molecule has 0 heterocycles. The Hall–Kier alpha value is -2.01. The Balaban J connectivity index is 0.000000379. The fourth-order valence-corrected chi connectivity index (χ4v) is 3.24. The standard InChI is InChI=1S/C15H28N4S.C9H10/c1-6-9-13(16)14(18-10-7-2)15(17-5)19-12(4)20-11-8-3;1-2-4-8(5-3-1)9-6-7-9/h9-10,17H,6-8,11,16H2,1-5H3;1-5,9H,6-7H2/b13-9+,15-14+,18-10?,19-12+;. The summed E-state index contributed by atoms with van der Waals surface area (Å²) in [6.45, 7) is 8.27. The Morgan fingerprint density at radius 1 is 1.17 bits per heavy atom. The van der Waals surface area contributed by atoms with Crippen LogP contribution in [0.2, 0.25) is 0 Å². The van der Waals surface area contributed by atoms with Crippen molar-refractivity contribution in [2.24, 2.45) is 15.7 Å². The van der Waals surface area contributed by atoms with E-state index in [1.54, 1.807) is 11.8 Å². The molecule has 160 valence electrons. The van der Waals surface area contributed by atoms with E-state index >= 15 is 0 Å². The van der Waals surface area contributed by atoms with Crippen molar-refractivity contribution in [3.05, 3.63) is 59.2 Å². The molecular weight excluding hydrogens is 376 g/mol. The van der Waals surface area contributed by atoms with Crippen LogP contribution < -0.4 is 11.1 Å². The summed E-state index contributed by atoms with van der Waals surface area (Å²) in [6.07, 6.45) is 9.51. The van der Waals surface area contributed by atoms with Gasteiger partial charge in [0.1, 0.15) is 5.70 Å². The van der Waals surface area contributed by atoms with Gasteiger partial charge in [-0.2, -0.15) is 0 Å². The summed E-state index contributed by atoms with van der Waals surface area (Å²) >= 11 is 1.75. The maximum absolute atomic E-state index is 6.09. The summed E-state index contributed by atoms with van der Waals surface area (Å²) in [4.78, 5) is 9.05. The number of allylic oxidation sites excluding steroid dienone is 1. The Labute approximate surface area is 181 Å². The smallest absolute Gasteiger partial charge is 0.154 e. The van der Waals surface area contributed by atoms with Crippen LogP contribution in [0.5, 0.6) is 0 Å².